The fraction of sp³-hybridized carbons (Fsp3) is 0.389. The van der Waals surface area contributed by atoms with Gasteiger partial charge in [-0.05, 0) is 30.5 Å². The molecule has 3 rings (SSSR count). The second-order valence-corrected chi connectivity index (χ2v) is 8.35. The van der Waals surface area contributed by atoms with Crippen molar-refractivity contribution >= 4 is 21.2 Å². The zero-order chi connectivity index (χ0) is 20.5. The minimum absolute atomic E-state index is 0.228. The number of rotatable bonds is 7. The van der Waals surface area contributed by atoms with Gasteiger partial charge in [0.1, 0.15) is 11.3 Å². The van der Waals surface area contributed by atoms with E-state index in [1.54, 1.807) is 31.3 Å². The Labute approximate surface area is 162 Å². The molecule has 0 aliphatic heterocycles. The number of H-pyrrole nitrogens is 1. The zero-order valence-corrected chi connectivity index (χ0v) is 16.8. The van der Waals surface area contributed by atoms with Gasteiger partial charge in [-0.2, -0.15) is 0 Å². The van der Waals surface area contributed by atoms with Gasteiger partial charge in [-0.1, -0.05) is 19.1 Å². The minimum Gasteiger partial charge on any atom is -0.336 e. The summed E-state index contributed by atoms with van der Waals surface area (Å²) in [6.45, 7) is 2.24. The van der Waals surface area contributed by atoms with E-state index in [1.807, 2.05) is 6.92 Å². The number of hydrogen-bond donors (Lipinski definition) is 2. The van der Waals surface area contributed by atoms with Gasteiger partial charge in [0.15, 0.2) is 5.65 Å². The lowest BCUT2D eigenvalue weighted by Crippen LogP contribution is -2.36. The number of hydrogen-bond acceptors (Lipinski definition) is 5. The van der Waals surface area contributed by atoms with E-state index in [-0.39, 0.29) is 17.0 Å². The molecule has 1 aromatic carbocycles. The van der Waals surface area contributed by atoms with Crippen molar-refractivity contribution in [1.82, 2.24) is 23.8 Å². The Bertz CT molecular complexity index is 1220. The van der Waals surface area contributed by atoms with Crippen LogP contribution in [0.1, 0.15) is 24.7 Å². The quantitative estimate of drug-likeness (QED) is 0.553. The second-order valence-electron chi connectivity index (χ2n) is 6.59. The summed E-state index contributed by atoms with van der Waals surface area (Å²) >= 11 is 0. The largest absolute Gasteiger partial charge is 0.336 e. The predicted molar refractivity (Wildman–Crippen MR) is 106 cm³/mol. The molecule has 0 unspecified atom stereocenters. The van der Waals surface area contributed by atoms with E-state index in [4.69, 9.17) is 0 Å². The highest BCUT2D eigenvalue weighted by Crippen LogP contribution is 2.11. The van der Waals surface area contributed by atoms with Gasteiger partial charge < -0.3 is 4.98 Å². The van der Waals surface area contributed by atoms with Crippen LogP contribution >= 0.6 is 0 Å². The van der Waals surface area contributed by atoms with Gasteiger partial charge in [-0.3, -0.25) is 13.9 Å². The first-order valence-corrected chi connectivity index (χ1v) is 10.5. The van der Waals surface area contributed by atoms with Gasteiger partial charge >= 0.3 is 5.69 Å². The van der Waals surface area contributed by atoms with Crippen molar-refractivity contribution in [3.63, 3.8) is 0 Å². The average Bonchev–Trinajstić information content (AvgIpc) is 3.12. The van der Waals surface area contributed by atoms with Crippen molar-refractivity contribution in [2.45, 2.75) is 31.1 Å². The van der Waals surface area contributed by atoms with Gasteiger partial charge in [-0.15, -0.1) is 0 Å². The SMILES string of the molecule is CCc1ccc(S(=O)(=O)NCCCc2nc3c([nH]2)c(=O)n(C)c(=O)n3C)cc1. The Balaban J connectivity index is 1.66. The molecule has 2 heterocycles. The number of imidazole rings is 1. The normalized spacial score (nSPS) is 12.0. The monoisotopic (exact) mass is 405 g/mol. The number of nitrogens with zero attached hydrogens (tertiary/aromatic N) is 3. The number of aryl methyl sites for hydroxylation is 3. The van der Waals surface area contributed by atoms with Crippen LogP contribution in [-0.4, -0.2) is 34.1 Å². The van der Waals surface area contributed by atoms with Gasteiger partial charge in [0.2, 0.25) is 10.0 Å². The minimum atomic E-state index is -3.57. The average molecular weight is 405 g/mol. The molecular formula is C18H23N5O4S. The molecule has 0 fully saturated rings. The van der Waals surface area contributed by atoms with Crippen molar-refractivity contribution in [1.29, 1.82) is 0 Å². The lowest BCUT2D eigenvalue weighted by molar-refractivity contribution is 0.578. The molecule has 0 bridgehead atoms. The highest BCUT2D eigenvalue weighted by molar-refractivity contribution is 7.89. The molecular weight excluding hydrogens is 382 g/mol. The van der Waals surface area contributed by atoms with Crippen LogP contribution in [0.15, 0.2) is 38.8 Å². The van der Waals surface area contributed by atoms with E-state index >= 15 is 0 Å². The Morgan fingerprint density at radius 3 is 2.43 bits per heavy atom. The topological polar surface area (TPSA) is 119 Å². The van der Waals surface area contributed by atoms with Gasteiger partial charge in [0.05, 0.1) is 4.90 Å². The maximum absolute atomic E-state index is 12.3. The van der Waals surface area contributed by atoms with Crippen LogP contribution in [0.4, 0.5) is 0 Å². The van der Waals surface area contributed by atoms with E-state index in [2.05, 4.69) is 14.7 Å². The molecule has 0 radical (unpaired) electrons. The maximum Gasteiger partial charge on any atom is 0.332 e. The maximum atomic E-state index is 12.3. The van der Waals surface area contributed by atoms with Crippen molar-refractivity contribution in [2.75, 3.05) is 6.54 Å². The Hall–Kier alpha value is -2.72. The lowest BCUT2D eigenvalue weighted by Gasteiger charge is -2.07. The van der Waals surface area contributed by atoms with Crippen molar-refractivity contribution in [2.24, 2.45) is 14.1 Å². The highest BCUT2D eigenvalue weighted by Gasteiger charge is 2.15. The predicted octanol–water partition coefficient (Wildman–Crippen LogP) is 0.434. The van der Waals surface area contributed by atoms with Crippen LogP contribution in [-0.2, 0) is 37.0 Å². The third-order valence-electron chi connectivity index (χ3n) is 4.67. The molecule has 9 nitrogen and oxygen atoms in total. The van der Waals surface area contributed by atoms with E-state index in [9.17, 15) is 18.0 Å². The van der Waals surface area contributed by atoms with Crippen molar-refractivity contribution in [3.05, 3.63) is 56.5 Å². The Kier molecular flexibility index (Phi) is 5.52. The molecule has 3 aromatic rings. The summed E-state index contributed by atoms with van der Waals surface area (Å²) in [4.78, 5) is 31.6. The highest BCUT2D eigenvalue weighted by atomic mass is 32.2. The van der Waals surface area contributed by atoms with E-state index in [0.717, 1.165) is 16.6 Å². The summed E-state index contributed by atoms with van der Waals surface area (Å²) in [5.41, 5.74) is 0.741. The van der Waals surface area contributed by atoms with Crippen molar-refractivity contribution in [3.8, 4) is 0 Å². The molecule has 150 valence electrons. The summed E-state index contributed by atoms with van der Waals surface area (Å²) in [5.74, 6) is 0.528. The molecule has 2 N–H and O–H groups in total. The second kappa shape index (κ2) is 7.72. The van der Waals surface area contributed by atoms with Crippen LogP contribution in [0.3, 0.4) is 0 Å². The zero-order valence-electron chi connectivity index (χ0n) is 16.0. The summed E-state index contributed by atoms with van der Waals surface area (Å²) in [7, 11) is -0.611. The van der Waals surface area contributed by atoms with E-state index in [0.29, 0.717) is 24.3 Å². The molecule has 0 atom stereocenters. The number of aromatic nitrogens is 4. The van der Waals surface area contributed by atoms with Crippen LogP contribution in [0.5, 0.6) is 0 Å². The van der Waals surface area contributed by atoms with Crippen LogP contribution in [0.2, 0.25) is 0 Å². The van der Waals surface area contributed by atoms with Crippen LogP contribution in [0, 0.1) is 0 Å². The van der Waals surface area contributed by atoms with Crippen LogP contribution in [0.25, 0.3) is 11.2 Å². The third kappa shape index (κ3) is 3.78. The summed E-state index contributed by atoms with van der Waals surface area (Å²) in [6.07, 6.45) is 1.77. The van der Waals surface area contributed by atoms with Gasteiger partial charge in [-0.25, -0.2) is 22.9 Å². The molecule has 0 aliphatic carbocycles. The van der Waals surface area contributed by atoms with Gasteiger partial charge in [0.25, 0.3) is 5.56 Å². The van der Waals surface area contributed by atoms with E-state index < -0.39 is 21.3 Å². The summed E-state index contributed by atoms with van der Waals surface area (Å²) in [6, 6.07) is 6.79. The number of nitrogens with one attached hydrogen (secondary N) is 2. The smallest absolute Gasteiger partial charge is 0.332 e. The third-order valence-corrected chi connectivity index (χ3v) is 6.15. The Morgan fingerprint density at radius 2 is 1.79 bits per heavy atom. The summed E-state index contributed by atoms with van der Waals surface area (Å²) in [5, 5.41) is 0. The number of benzene rings is 1. The van der Waals surface area contributed by atoms with Crippen molar-refractivity contribution < 1.29 is 8.42 Å². The molecule has 0 saturated carbocycles. The molecule has 0 saturated heterocycles. The summed E-state index contributed by atoms with van der Waals surface area (Å²) < 4.78 is 29.6. The number of aromatic amines is 1. The molecule has 0 amide bonds. The standard InChI is InChI=1S/C18H23N5O4S/c1-4-12-7-9-13(10-8-12)28(26,27)19-11-5-6-14-20-15-16(21-14)22(2)18(25)23(3)17(15)24/h7-10,19H,4-6,11H2,1-3H3,(H,20,21). The first-order valence-electron chi connectivity index (χ1n) is 8.98. The lowest BCUT2D eigenvalue weighted by atomic mass is 10.2. The molecule has 0 aliphatic rings. The fourth-order valence-electron chi connectivity index (χ4n) is 2.94. The van der Waals surface area contributed by atoms with Gasteiger partial charge in [0, 0.05) is 27.1 Å². The first-order chi connectivity index (χ1) is 13.2. The molecule has 2 aromatic heterocycles. The number of sulfonamides is 1. The number of fused-ring (bicyclic) bond motifs is 1. The molecule has 0 spiro atoms. The van der Waals surface area contributed by atoms with Crippen LogP contribution < -0.4 is 16.0 Å². The fourth-order valence-corrected chi connectivity index (χ4v) is 4.02. The first kappa shape index (κ1) is 20.0. The Morgan fingerprint density at radius 1 is 1.11 bits per heavy atom. The molecule has 28 heavy (non-hydrogen) atoms. The van der Waals surface area contributed by atoms with E-state index in [1.165, 1.54) is 11.6 Å². The molecule has 10 heteroatoms.